The van der Waals surface area contributed by atoms with Gasteiger partial charge < -0.3 is 28.5 Å². The number of hydrogen-bond acceptors (Lipinski definition) is 3. The predicted octanol–water partition coefficient (Wildman–Crippen LogP) is 2.17. The smallest absolute Gasteiger partial charge is 0.194 e. The molecule has 2 saturated heterocycles. The summed E-state index contributed by atoms with van der Waals surface area (Å²) in [7, 11) is 6.42. The third-order valence-electron chi connectivity index (χ3n) is 8.31. The van der Waals surface area contributed by atoms with Crippen molar-refractivity contribution in [2.24, 2.45) is 0 Å². The molecule has 2 heterocycles. The highest BCUT2D eigenvalue weighted by molar-refractivity contribution is 5.87. The highest BCUT2D eigenvalue weighted by Crippen LogP contribution is 2.25. The van der Waals surface area contributed by atoms with Gasteiger partial charge in [0.2, 0.25) is 0 Å². The molecule has 0 spiro atoms. The van der Waals surface area contributed by atoms with Gasteiger partial charge in [0, 0.05) is 25.7 Å². The summed E-state index contributed by atoms with van der Waals surface area (Å²) in [6.07, 6.45) is 5.60. The third kappa shape index (κ3) is 7.48. The molecule has 2 unspecified atom stereocenters. The molecule has 198 valence electrons. The highest BCUT2D eigenvalue weighted by Gasteiger charge is 2.39. The summed E-state index contributed by atoms with van der Waals surface area (Å²) >= 11 is 0. The molecule has 4 nitrogen and oxygen atoms in total. The van der Waals surface area contributed by atoms with Gasteiger partial charge in [0.25, 0.3) is 0 Å². The SMILES string of the molecule is Cc1cccc(C)c1CC(=O)C1CCCN1C.Cc1cccc(C)c1CC(=O)C1CCC[N+]1(C)C.[I-]. The Morgan fingerprint density at radius 2 is 1.28 bits per heavy atom. The normalized spacial score (nSPS) is 20.9. The molecule has 2 aliphatic heterocycles. The Hall–Kier alpha value is -1.57. The molecule has 0 aliphatic carbocycles. The number of carbonyl (C=O) groups is 2. The van der Waals surface area contributed by atoms with Gasteiger partial charge in [0.05, 0.1) is 26.7 Å². The van der Waals surface area contributed by atoms with Gasteiger partial charge in [-0.2, -0.15) is 0 Å². The van der Waals surface area contributed by atoms with E-state index in [2.05, 4.69) is 90.1 Å². The van der Waals surface area contributed by atoms with Crippen LogP contribution in [0.1, 0.15) is 59.1 Å². The molecule has 4 rings (SSSR count). The Morgan fingerprint density at radius 1 is 0.806 bits per heavy atom. The maximum Gasteiger partial charge on any atom is 0.194 e. The topological polar surface area (TPSA) is 37.4 Å². The van der Waals surface area contributed by atoms with E-state index in [0.29, 0.717) is 24.4 Å². The van der Waals surface area contributed by atoms with Crippen LogP contribution in [0.4, 0.5) is 0 Å². The average molecular weight is 605 g/mol. The minimum Gasteiger partial charge on any atom is -1.00 e. The van der Waals surface area contributed by atoms with Crippen LogP contribution in [0.25, 0.3) is 0 Å². The molecular weight excluding hydrogens is 559 g/mol. The van der Waals surface area contributed by atoms with Gasteiger partial charge in [-0.05, 0) is 87.5 Å². The van der Waals surface area contributed by atoms with Crippen LogP contribution in [0.15, 0.2) is 36.4 Å². The lowest BCUT2D eigenvalue weighted by molar-refractivity contribution is -0.893. The van der Waals surface area contributed by atoms with E-state index in [-0.39, 0.29) is 36.1 Å². The monoisotopic (exact) mass is 604 g/mol. The van der Waals surface area contributed by atoms with Gasteiger partial charge in [-0.1, -0.05) is 36.4 Å². The molecule has 0 amide bonds. The second-order valence-corrected chi connectivity index (χ2v) is 11.3. The first-order chi connectivity index (χ1) is 16.5. The van der Waals surface area contributed by atoms with E-state index in [4.69, 9.17) is 0 Å². The van der Waals surface area contributed by atoms with Crippen LogP contribution in [0.2, 0.25) is 0 Å². The van der Waals surface area contributed by atoms with Crippen molar-refractivity contribution in [1.29, 1.82) is 0 Å². The lowest BCUT2D eigenvalue weighted by Gasteiger charge is -2.30. The number of carbonyl (C=O) groups excluding carboxylic acids is 2. The second kappa shape index (κ2) is 13.3. The molecule has 36 heavy (non-hydrogen) atoms. The Balaban J connectivity index is 0.000000247. The van der Waals surface area contributed by atoms with Crippen molar-refractivity contribution in [2.45, 2.75) is 78.3 Å². The molecule has 5 heteroatoms. The predicted molar refractivity (Wildman–Crippen MR) is 145 cm³/mol. The second-order valence-electron chi connectivity index (χ2n) is 11.3. The quantitative estimate of drug-likeness (QED) is 0.375. The summed E-state index contributed by atoms with van der Waals surface area (Å²) in [5.41, 5.74) is 7.41. The van der Waals surface area contributed by atoms with Crippen molar-refractivity contribution in [3.05, 3.63) is 69.8 Å². The molecule has 2 aromatic rings. The molecule has 0 N–H and O–H groups in total. The highest BCUT2D eigenvalue weighted by atomic mass is 127. The van der Waals surface area contributed by atoms with E-state index in [1.54, 1.807) is 0 Å². The number of nitrogens with zero attached hydrogens (tertiary/aromatic N) is 2. The number of aryl methyl sites for hydroxylation is 4. The largest absolute Gasteiger partial charge is 1.00 e. The first kappa shape index (κ1) is 30.7. The summed E-state index contributed by atoms with van der Waals surface area (Å²) in [4.78, 5) is 27.0. The molecule has 0 aromatic heterocycles. The van der Waals surface area contributed by atoms with Gasteiger partial charge in [-0.15, -0.1) is 0 Å². The number of benzene rings is 2. The first-order valence-corrected chi connectivity index (χ1v) is 13.2. The number of likely N-dealkylation sites (tertiary alicyclic amines) is 2. The number of Topliss-reactive ketones (excluding diaryl/α,β-unsaturated/α-hetero) is 2. The van der Waals surface area contributed by atoms with Crippen LogP contribution in [0.5, 0.6) is 0 Å². The average Bonchev–Trinajstić information content (AvgIpc) is 3.38. The zero-order chi connectivity index (χ0) is 25.8. The number of halogens is 1. The first-order valence-electron chi connectivity index (χ1n) is 13.2. The van der Waals surface area contributed by atoms with Crippen molar-refractivity contribution >= 4 is 11.6 Å². The van der Waals surface area contributed by atoms with Gasteiger partial charge in [0.1, 0.15) is 6.04 Å². The van der Waals surface area contributed by atoms with Crippen LogP contribution in [0.3, 0.4) is 0 Å². The van der Waals surface area contributed by atoms with E-state index in [1.807, 2.05) is 0 Å². The summed E-state index contributed by atoms with van der Waals surface area (Å²) in [5, 5.41) is 0. The van der Waals surface area contributed by atoms with E-state index in [9.17, 15) is 9.59 Å². The Labute approximate surface area is 236 Å². The minimum atomic E-state index is 0. The fourth-order valence-corrected chi connectivity index (χ4v) is 5.91. The minimum absolute atomic E-state index is 0. The third-order valence-corrected chi connectivity index (χ3v) is 8.31. The van der Waals surface area contributed by atoms with Crippen LogP contribution in [-0.2, 0) is 22.4 Å². The Morgan fingerprint density at radius 3 is 1.67 bits per heavy atom. The van der Waals surface area contributed by atoms with Gasteiger partial charge in [0.15, 0.2) is 11.6 Å². The number of ketones is 2. The van der Waals surface area contributed by atoms with E-state index in [1.165, 1.54) is 39.8 Å². The molecule has 0 radical (unpaired) electrons. The lowest BCUT2D eigenvalue weighted by Crippen LogP contribution is -3.00. The summed E-state index contributed by atoms with van der Waals surface area (Å²) < 4.78 is 0.865. The van der Waals surface area contributed by atoms with Gasteiger partial charge >= 0.3 is 0 Å². The Bertz CT molecular complexity index is 1020. The molecule has 2 fully saturated rings. The standard InChI is InChI=1S/C16H24NO.C15H21NO.HI/c1-12-7-5-8-13(2)14(12)11-16(18)15-9-6-10-17(15,3)4;1-11-6-4-7-12(2)13(11)10-15(17)14-8-5-9-16(14)3;/h5,7-8,15H,6,9-11H2,1-4H3;4,6-7,14H,5,8-10H2,1-3H3;1H/q+1;;/p-1. The van der Waals surface area contributed by atoms with Gasteiger partial charge in [-0.3, -0.25) is 14.5 Å². The summed E-state index contributed by atoms with van der Waals surface area (Å²) in [5.74, 6) is 0.789. The molecule has 0 saturated carbocycles. The van der Waals surface area contributed by atoms with E-state index in [0.717, 1.165) is 36.8 Å². The number of hydrogen-bond donors (Lipinski definition) is 0. The van der Waals surface area contributed by atoms with Crippen molar-refractivity contribution in [3.8, 4) is 0 Å². The molecule has 0 bridgehead atoms. The zero-order valence-corrected chi connectivity index (χ0v) is 25.5. The summed E-state index contributed by atoms with van der Waals surface area (Å²) in [6.45, 7) is 10.6. The molecular formula is C31H45IN2O2. The molecule has 2 atom stereocenters. The van der Waals surface area contributed by atoms with E-state index < -0.39 is 0 Å². The number of likely N-dealkylation sites (N-methyl/N-ethyl adjacent to an activating group) is 2. The molecule has 2 aromatic carbocycles. The Kier molecular flexibility index (Phi) is 11.3. The summed E-state index contributed by atoms with van der Waals surface area (Å²) in [6, 6.07) is 12.9. The van der Waals surface area contributed by atoms with Crippen molar-refractivity contribution in [2.75, 3.05) is 34.2 Å². The van der Waals surface area contributed by atoms with Gasteiger partial charge in [-0.25, -0.2) is 0 Å². The maximum absolute atomic E-state index is 12.5. The van der Waals surface area contributed by atoms with Crippen LogP contribution in [-0.4, -0.2) is 67.3 Å². The van der Waals surface area contributed by atoms with Crippen LogP contribution in [0, 0.1) is 27.7 Å². The van der Waals surface area contributed by atoms with Crippen LogP contribution < -0.4 is 24.0 Å². The van der Waals surface area contributed by atoms with Crippen molar-refractivity contribution in [3.63, 3.8) is 0 Å². The number of quaternary nitrogens is 1. The zero-order valence-electron chi connectivity index (χ0n) is 23.4. The fraction of sp³-hybridized carbons (Fsp3) is 0.548. The van der Waals surface area contributed by atoms with Crippen molar-refractivity contribution < 1.29 is 38.0 Å². The molecule has 2 aliphatic rings. The van der Waals surface area contributed by atoms with Crippen molar-refractivity contribution in [1.82, 2.24) is 4.90 Å². The van der Waals surface area contributed by atoms with Crippen LogP contribution >= 0.6 is 0 Å². The lowest BCUT2D eigenvalue weighted by atomic mass is 9.94. The van der Waals surface area contributed by atoms with E-state index >= 15 is 0 Å². The maximum atomic E-state index is 12.5. The fourth-order valence-electron chi connectivity index (χ4n) is 5.91. The number of rotatable bonds is 6.